The normalized spacial score (nSPS) is 10.2. The van der Waals surface area contributed by atoms with Crippen LogP contribution in [0.2, 0.25) is 0 Å². The molecule has 98 valence electrons. The lowest BCUT2D eigenvalue weighted by atomic mass is 10.1. The van der Waals surface area contributed by atoms with E-state index in [0.717, 1.165) is 12.1 Å². The molecule has 0 radical (unpaired) electrons. The molecule has 0 unspecified atom stereocenters. The summed E-state index contributed by atoms with van der Waals surface area (Å²) in [5, 5.41) is 2.49. The topological polar surface area (TPSA) is 68.0 Å². The van der Waals surface area contributed by atoms with Crippen LogP contribution < -0.4 is 11.1 Å². The smallest absolute Gasteiger partial charge is 0.230 e. The van der Waals surface area contributed by atoms with Gasteiger partial charge in [0.2, 0.25) is 5.91 Å². The Morgan fingerprint density at radius 3 is 2.68 bits per heavy atom. The van der Waals surface area contributed by atoms with Crippen LogP contribution >= 0.6 is 0 Å². The molecule has 0 aliphatic heterocycles. The van der Waals surface area contributed by atoms with E-state index in [0.29, 0.717) is 11.5 Å². The average Bonchev–Trinajstić information content (AvgIpc) is 2.36. The fourth-order valence-electron chi connectivity index (χ4n) is 1.50. The summed E-state index contributed by atoms with van der Waals surface area (Å²) in [5.74, 6) is -1.55. The van der Waals surface area contributed by atoms with Crippen LogP contribution in [0.3, 0.4) is 0 Å². The molecule has 1 aromatic heterocycles. The molecule has 0 saturated heterocycles. The van der Waals surface area contributed by atoms with Gasteiger partial charge in [-0.15, -0.1) is 0 Å². The molecule has 19 heavy (non-hydrogen) atoms. The molecular weight excluding hydrogens is 252 g/mol. The number of nitrogens with one attached hydrogen (secondary N) is 1. The number of carbonyl (C=O) groups is 1. The molecule has 1 heterocycles. The van der Waals surface area contributed by atoms with E-state index in [1.165, 1.54) is 18.3 Å². The Balaban J connectivity index is 2.03. The molecule has 0 bridgehead atoms. The fourth-order valence-corrected chi connectivity index (χ4v) is 1.50. The number of rotatable bonds is 3. The number of nitrogen functional groups attached to an aromatic ring is 1. The minimum absolute atomic E-state index is 0.120. The zero-order valence-corrected chi connectivity index (χ0v) is 9.86. The Morgan fingerprint density at radius 2 is 2.05 bits per heavy atom. The second-order valence-electron chi connectivity index (χ2n) is 3.94. The van der Waals surface area contributed by atoms with Crippen molar-refractivity contribution in [2.24, 2.45) is 0 Å². The van der Waals surface area contributed by atoms with E-state index in [-0.39, 0.29) is 12.0 Å². The first-order valence-electron chi connectivity index (χ1n) is 5.50. The van der Waals surface area contributed by atoms with E-state index in [4.69, 9.17) is 5.73 Å². The Hall–Kier alpha value is -2.50. The van der Waals surface area contributed by atoms with Crippen LogP contribution in [0.15, 0.2) is 36.5 Å². The zero-order valence-electron chi connectivity index (χ0n) is 9.86. The molecule has 0 aliphatic carbocycles. The molecule has 0 saturated carbocycles. The van der Waals surface area contributed by atoms with Crippen molar-refractivity contribution in [1.29, 1.82) is 0 Å². The van der Waals surface area contributed by atoms with Crippen LogP contribution in [0.1, 0.15) is 5.56 Å². The van der Waals surface area contributed by atoms with Crippen molar-refractivity contribution in [3.8, 4) is 0 Å². The molecule has 0 aliphatic rings. The monoisotopic (exact) mass is 263 g/mol. The molecule has 2 rings (SSSR count). The van der Waals surface area contributed by atoms with Crippen LogP contribution in [0.25, 0.3) is 0 Å². The summed E-state index contributed by atoms with van der Waals surface area (Å²) in [6, 6.07) is 6.20. The predicted octanol–water partition coefficient (Wildman–Crippen LogP) is 2.12. The van der Waals surface area contributed by atoms with Crippen molar-refractivity contribution in [2.75, 3.05) is 11.1 Å². The molecule has 0 atom stereocenters. The van der Waals surface area contributed by atoms with Gasteiger partial charge in [0.05, 0.1) is 18.3 Å². The fraction of sp³-hybridized carbons (Fsp3) is 0.0769. The first-order valence-corrected chi connectivity index (χ1v) is 5.50. The SMILES string of the molecule is Nc1ccc(NC(=O)Cc2ccc(F)cc2F)nc1. The maximum Gasteiger partial charge on any atom is 0.230 e. The van der Waals surface area contributed by atoms with Crippen LogP contribution in [-0.2, 0) is 11.2 Å². The highest BCUT2D eigenvalue weighted by Gasteiger charge is 2.09. The van der Waals surface area contributed by atoms with E-state index < -0.39 is 17.5 Å². The third-order valence-electron chi connectivity index (χ3n) is 2.42. The molecule has 0 fully saturated rings. The lowest BCUT2D eigenvalue weighted by Gasteiger charge is -2.05. The maximum absolute atomic E-state index is 13.4. The summed E-state index contributed by atoms with van der Waals surface area (Å²) in [7, 11) is 0. The van der Waals surface area contributed by atoms with Gasteiger partial charge in [-0.1, -0.05) is 6.07 Å². The number of hydrogen-bond acceptors (Lipinski definition) is 3. The van der Waals surface area contributed by atoms with Gasteiger partial charge in [0.1, 0.15) is 17.5 Å². The van der Waals surface area contributed by atoms with Gasteiger partial charge in [-0.2, -0.15) is 0 Å². The Labute approximate surface area is 108 Å². The van der Waals surface area contributed by atoms with Gasteiger partial charge in [0.25, 0.3) is 0 Å². The lowest BCUT2D eigenvalue weighted by molar-refractivity contribution is -0.115. The molecule has 6 heteroatoms. The second kappa shape index (κ2) is 5.43. The number of hydrogen-bond donors (Lipinski definition) is 2. The van der Waals surface area contributed by atoms with Gasteiger partial charge >= 0.3 is 0 Å². The first-order chi connectivity index (χ1) is 9.04. The van der Waals surface area contributed by atoms with Crippen molar-refractivity contribution in [3.05, 3.63) is 53.7 Å². The van der Waals surface area contributed by atoms with Gasteiger partial charge in [0.15, 0.2) is 0 Å². The van der Waals surface area contributed by atoms with Gasteiger partial charge in [-0.3, -0.25) is 4.79 Å². The minimum Gasteiger partial charge on any atom is -0.397 e. The van der Waals surface area contributed by atoms with E-state index in [9.17, 15) is 13.6 Å². The number of nitrogens with zero attached hydrogens (tertiary/aromatic N) is 1. The Bertz CT molecular complexity index is 599. The molecule has 2 aromatic rings. The first kappa shape index (κ1) is 12.9. The quantitative estimate of drug-likeness (QED) is 0.891. The van der Waals surface area contributed by atoms with E-state index >= 15 is 0 Å². The predicted molar refractivity (Wildman–Crippen MR) is 67.3 cm³/mol. The third kappa shape index (κ3) is 3.48. The van der Waals surface area contributed by atoms with Gasteiger partial charge in [-0.05, 0) is 23.8 Å². The largest absolute Gasteiger partial charge is 0.397 e. The maximum atomic E-state index is 13.4. The van der Waals surface area contributed by atoms with Crippen molar-refractivity contribution < 1.29 is 13.6 Å². The lowest BCUT2D eigenvalue weighted by Crippen LogP contribution is -2.16. The highest BCUT2D eigenvalue weighted by atomic mass is 19.1. The molecule has 1 aromatic carbocycles. The van der Waals surface area contributed by atoms with Crippen molar-refractivity contribution in [2.45, 2.75) is 6.42 Å². The molecule has 4 nitrogen and oxygen atoms in total. The number of aromatic nitrogens is 1. The van der Waals surface area contributed by atoms with E-state index in [1.54, 1.807) is 6.07 Å². The third-order valence-corrected chi connectivity index (χ3v) is 2.42. The standard InChI is InChI=1S/C13H11F2N3O/c14-9-2-1-8(11(15)6-9)5-13(19)18-12-4-3-10(16)7-17-12/h1-4,6-7H,5,16H2,(H,17,18,19). The highest BCUT2D eigenvalue weighted by Crippen LogP contribution is 2.11. The number of nitrogens with two attached hydrogens (primary N) is 1. The van der Waals surface area contributed by atoms with Gasteiger partial charge in [0, 0.05) is 6.07 Å². The number of pyridine rings is 1. The minimum atomic E-state index is -0.750. The number of anilines is 2. The number of amides is 1. The van der Waals surface area contributed by atoms with Crippen molar-refractivity contribution in [3.63, 3.8) is 0 Å². The molecular formula is C13H11F2N3O. The number of carbonyl (C=O) groups excluding carboxylic acids is 1. The summed E-state index contributed by atoms with van der Waals surface area (Å²) in [6.45, 7) is 0. The molecule has 0 spiro atoms. The van der Waals surface area contributed by atoms with Crippen molar-refractivity contribution >= 4 is 17.4 Å². The summed E-state index contributed by atoms with van der Waals surface area (Å²) < 4.78 is 26.1. The highest BCUT2D eigenvalue weighted by molar-refractivity contribution is 5.91. The Kier molecular flexibility index (Phi) is 3.70. The number of benzene rings is 1. The summed E-state index contributed by atoms with van der Waals surface area (Å²) in [6.07, 6.45) is 1.20. The van der Waals surface area contributed by atoms with Crippen LogP contribution in [0.4, 0.5) is 20.3 Å². The summed E-state index contributed by atoms with van der Waals surface area (Å²) in [5.41, 5.74) is 6.05. The second-order valence-corrected chi connectivity index (χ2v) is 3.94. The van der Waals surface area contributed by atoms with E-state index in [1.807, 2.05) is 0 Å². The van der Waals surface area contributed by atoms with E-state index in [2.05, 4.69) is 10.3 Å². The Morgan fingerprint density at radius 1 is 1.26 bits per heavy atom. The average molecular weight is 263 g/mol. The van der Waals surface area contributed by atoms with Crippen LogP contribution in [-0.4, -0.2) is 10.9 Å². The van der Waals surface area contributed by atoms with Gasteiger partial charge < -0.3 is 11.1 Å². The summed E-state index contributed by atoms with van der Waals surface area (Å²) in [4.78, 5) is 15.5. The molecule has 1 amide bonds. The number of halogens is 2. The van der Waals surface area contributed by atoms with Crippen molar-refractivity contribution in [1.82, 2.24) is 4.98 Å². The molecule has 3 N–H and O–H groups in total. The summed E-state index contributed by atoms with van der Waals surface area (Å²) >= 11 is 0. The van der Waals surface area contributed by atoms with Crippen LogP contribution in [0.5, 0.6) is 0 Å². The van der Waals surface area contributed by atoms with Crippen LogP contribution in [0, 0.1) is 11.6 Å². The zero-order chi connectivity index (χ0) is 13.8. The van der Waals surface area contributed by atoms with Gasteiger partial charge in [-0.25, -0.2) is 13.8 Å².